The highest BCUT2D eigenvalue weighted by molar-refractivity contribution is 5.41. The zero-order valence-electron chi connectivity index (χ0n) is 10.8. The minimum absolute atomic E-state index is 0.0356. The molecule has 0 radical (unpaired) electrons. The molecule has 1 saturated carbocycles. The first-order valence-electron chi connectivity index (χ1n) is 6.06. The summed E-state index contributed by atoms with van der Waals surface area (Å²) in [7, 11) is 0. The van der Waals surface area contributed by atoms with E-state index in [4.69, 9.17) is 4.74 Å². The Morgan fingerprint density at radius 3 is 2.17 bits per heavy atom. The van der Waals surface area contributed by atoms with Gasteiger partial charge in [0, 0.05) is 0 Å². The molecule has 1 aromatic carbocycles. The van der Waals surface area contributed by atoms with Crippen LogP contribution in [0.5, 0.6) is 5.75 Å². The van der Waals surface area contributed by atoms with Gasteiger partial charge >= 0.3 is 6.18 Å². The normalized spacial score (nSPS) is 16.8. The first-order chi connectivity index (χ1) is 8.18. The largest absolute Gasteiger partial charge is 0.490 e. The number of alkyl halides is 3. The minimum atomic E-state index is -4.37. The van der Waals surface area contributed by atoms with Crippen molar-refractivity contribution in [2.75, 3.05) is 0 Å². The van der Waals surface area contributed by atoms with Crippen molar-refractivity contribution in [3.05, 3.63) is 29.3 Å². The molecule has 1 aliphatic rings. The van der Waals surface area contributed by atoms with Crippen LogP contribution in [0.1, 0.15) is 44.7 Å². The maximum Gasteiger partial charge on any atom is 0.419 e. The predicted octanol–water partition coefficient (Wildman–Crippen LogP) is 4.54. The summed E-state index contributed by atoms with van der Waals surface area (Å²) >= 11 is 0. The van der Waals surface area contributed by atoms with Gasteiger partial charge in [0.25, 0.3) is 0 Å². The molecule has 0 spiro atoms. The second-order valence-electron chi connectivity index (χ2n) is 5.78. The van der Waals surface area contributed by atoms with Crippen LogP contribution in [0.3, 0.4) is 0 Å². The summed E-state index contributed by atoms with van der Waals surface area (Å²) in [5.74, 6) is -0.0435. The van der Waals surface area contributed by atoms with Gasteiger partial charge in [-0.2, -0.15) is 13.2 Å². The van der Waals surface area contributed by atoms with E-state index in [2.05, 4.69) is 0 Å². The minimum Gasteiger partial charge on any atom is -0.490 e. The van der Waals surface area contributed by atoms with Crippen molar-refractivity contribution in [1.82, 2.24) is 0 Å². The first-order valence-corrected chi connectivity index (χ1v) is 6.06. The Balaban J connectivity index is 2.41. The van der Waals surface area contributed by atoms with Crippen molar-refractivity contribution in [3.8, 4) is 5.75 Å². The summed E-state index contributed by atoms with van der Waals surface area (Å²) in [6, 6.07) is 4.37. The summed E-state index contributed by atoms with van der Waals surface area (Å²) in [5.41, 5.74) is -0.308. The molecule has 1 aromatic rings. The van der Waals surface area contributed by atoms with Crippen LogP contribution in [-0.2, 0) is 11.6 Å². The molecule has 1 aliphatic carbocycles. The Kier molecular flexibility index (Phi) is 3.07. The Morgan fingerprint density at radius 1 is 1.11 bits per heavy atom. The Hall–Kier alpha value is -1.19. The molecule has 0 unspecified atom stereocenters. The number of halogens is 3. The molecule has 4 heteroatoms. The van der Waals surface area contributed by atoms with Crippen LogP contribution in [0.25, 0.3) is 0 Å². The Bertz CT molecular complexity index is 439. The van der Waals surface area contributed by atoms with Crippen LogP contribution < -0.4 is 4.74 Å². The summed E-state index contributed by atoms with van der Waals surface area (Å²) < 4.78 is 44.4. The Morgan fingerprint density at radius 2 is 1.72 bits per heavy atom. The third-order valence-corrected chi connectivity index (χ3v) is 2.97. The fraction of sp³-hybridized carbons (Fsp3) is 0.571. The lowest BCUT2D eigenvalue weighted by molar-refractivity contribution is -0.139. The van der Waals surface area contributed by atoms with Gasteiger partial charge in [-0.25, -0.2) is 0 Å². The molecule has 0 atom stereocenters. The van der Waals surface area contributed by atoms with Gasteiger partial charge in [-0.15, -0.1) is 0 Å². The lowest BCUT2D eigenvalue weighted by atomic mass is 9.86. The molecule has 18 heavy (non-hydrogen) atoms. The second kappa shape index (κ2) is 4.18. The maximum atomic E-state index is 13.0. The van der Waals surface area contributed by atoms with Crippen LogP contribution in [0.15, 0.2) is 18.2 Å². The highest BCUT2D eigenvalue weighted by Crippen LogP contribution is 2.40. The lowest BCUT2D eigenvalue weighted by Crippen LogP contribution is -2.15. The zero-order chi connectivity index (χ0) is 13.6. The van der Waals surface area contributed by atoms with Crippen molar-refractivity contribution < 1.29 is 17.9 Å². The molecule has 0 heterocycles. The third kappa shape index (κ3) is 2.98. The van der Waals surface area contributed by atoms with Crippen LogP contribution in [0, 0.1) is 0 Å². The zero-order valence-corrected chi connectivity index (χ0v) is 10.8. The van der Waals surface area contributed by atoms with Crippen molar-refractivity contribution in [2.24, 2.45) is 0 Å². The number of hydrogen-bond acceptors (Lipinski definition) is 1. The van der Waals surface area contributed by atoms with E-state index in [9.17, 15) is 13.2 Å². The SMILES string of the molecule is CC(C)(C)c1ccc(OC2CC2)c(C(F)(F)F)c1. The van der Waals surface area contributed by atoms with Crippen molar-refractivity contribution >= 4 is 0 Å². The summed E-state index contributed by atoms with van der Waals surface area (Å²) in [6.45, 7) is 5.68. The molecule has 100 valence electrons. The lowest BCUT2D eigenvalue weighted by Gasteiger charge is -2.22. The number of ether oxygens (including phenoxy) is 1. The molecule has 0 saturated heterocycles. The van der Waals surface area contributed by atoms with Gasteiger partial charge in [0.1, 0.15) is 5.75 Å². The molecule has 0 aromatic heterocycles. The molecule has 0 aliphatic heterocycles. The fourth-order valence-electron chi connectivity index (χ4n) is 1.69. The molecule has 1 fully saturated rings. The van der Waals surface area contributed by atoms with Gasteiger partial charge < -0.3 is 4.74 Å². The van der Waals surface area contributed by atoms with Gasteiger partial charge in [-0.05, 0) is 36.0 Å². The van der Waals surface area contributed by atoms with Crippen molar-refractivity contribution in [3.63, 3.8) is 0 Å². The van der Waals surface area contributed by atoms with Crippen LogP contribution in [0.4, 0.5) is 13.2 Å². The van der Waals surface area contributed by atoms with Gasteiger partial charge in [0.2, 0.25) is 0 Å². The molecule has 2 rings (SSSR count). The van der Waals surface area contributed by atoms with Gasteiger partial charge in [0.15, 0.2) is 0 Å². The van der Waals surface area contributed by atoms with E-state index in [1.165, 1.54) is 12.1 Å². The van der Waals surface area contributed by atoms with E-state index < -0.39 is 11.7 Å². The van der Waals surface area contributed by atoms with E-state index in [1.807, 2.05) is 20.8 Å². The molecule has 0 amide bonds. The van der Waals surface area contributed by atoms with Crippen LogP contribution >= 0.6 is 0 Å². The summed E-state index contributed by atoms with van der Waals surface area (Å²) in [5, 5.41) is 0. The van der Waals surface area contributed by atoms with Crippen LogP contribution in [-0.4, -0.2) is 6.10 Å². The average molecular weight is 258 g/mol. The van der Waals surface area contributed by atoms with Gasteiger partial charge in [-0.3, -0.25) is 0 Å². The van der Waals surface area contributed by atoms with E-state index >= 15 is 0 Å². The van der Waals surface area contributed by atoms with E-state index in [0.29, 0.717) is 5.56 Å². The summed E-state index contributed by atoms with van der Waals surface area (Å²) in [6.07, 6.45) is -2.71. The first kappa shape index (κ1) is 13.2. The highest BCUT2D eigenvalue weighted by Gasteiger charge is 2.37. The third-order valence-electron chi connectivity index (χ3n) is 2.97. The van der Waals surface area contributed by atoms with E-state index in [1.54, 1.807) is 6.07 Å². The standard InChI is InChI=1S/C14H17F3O/c1-13(2,3)9-4-7-12(18-10-5-6-10)11(8-9)14(15,16)17/h4,7-8,10H,5-6H2,1-3H3. The number of rotatable bonds is 2. The van der Waals surface area contributed by atoms with Gasteiger partial charge in [-0.1, -0.05) is 26.8 Å². The molecular weight excluding hydrogens is 241 g/mol. The van der Waals surface area contributed by atoms with Crippen molar-refractivity contribution in [1.29, 1.82) is 0 Å². The van der Waals surface area contributed by atoms with Crippen molar-refractivity contribution in [2.45, 2.75) is 51.3 Å². The smallest absolute Gasteiger partial charge is 0.419 e. The topological polar surface area (TPSA) is 9.23 Å². The monoisotopic (exact) mass is 258 g/mol. The van der Waals surface area contributed by atoms with Crippen LogP contribution in [0.2, 0.25) is 0 Å². The fourth-order valence-corrected chi connectivity index (χ4v) is 1.69. The maximum absolute atomic E-state index is 13.0. The summed E-state index contributed by atoms with van der Waals surface area (Å²) in [4.78, 5) is 0. The second-order valence-corrected chi connectivity index (χ2v) is 5.78. The number of benzene rings is 1. The molecular formula is C14H17F3O. The average Bonchev–Trinajstić information content (AvgIpc) is 2.98. The number of hydrogen-bond donors (Lipinski definition) is 0. The molecule has 0 bridgehead atoms. The molecule has 1 nitrogen and oxygen atoms in total. The van der Waals surface area contributed by atoms with E-state index in [-0.39, 0.29) is 17.3 Å². The molecule has 0 N–H and O–H groups in total. The highest BCUT2D eigenvalue weighted by atomic mass is 19.4. The Labute approximate surface area is 105 Å². The van der Waals surface area contributed by atoms with E-state index in [0.717, 1.165) is 12.8 Å². The quantitative estimate of drug-likeness (QED) is 0.756. The predicted molar refractivity (Wildman–Crippen MR) is 63.8 cm³/mol. The van der Waals surface area contributed by atoms with Gasteiger partial charge in [0.05, 0.1) is 11.7 Å².